The number of carbonyl (C=O) groups excluding carboxylic acids is 1. The summed E-state index contributed by atoms with van der Waals surface area (Å²) in [6, 6.07) is 15.7. The molecule has 3 aromatic rings. The van der Waals surface area contributed by atoms with Gasteiger partial charge in [0.1, 0.15) is 5.75 Å². The molecule has 2 heterocycles. The fourth-order valence-electron chi connectivity index (χ4n) is 3.31. The van der Waals surface area contributed by atoms with Crippen molar-refractivity contribution in [3.63, 3.8) is 0 Å². The van der Waals surface area contributed by atoms with E-state index in [1.807, 2.05) is 41.3 Å². The normalized spacial score (nSPS) is 13.3. The molecule has 0 fully saturated rings. The maximum Gasteiger partial charge on any atom is 0.247 e. The number of carbonyl (C=O) groups is 1. The molecule has 0 aliphatic carbocycles. The van der Waals surface area contributed by atoms with Gasteiger partial charge in [-0.1, -0.05) is 30.3 Å². The zero-order chi connectivity index (χ0) is 18.6. The molecule has 1 amide bonds. The van der Waals surface area contributed by atoms with Crippen molar-refractivity contribution in [2.75, 3.05) is 13.7 Å². The molecule has 2 aromatic carbocycles. The summed E-state index contributed by atoms with van der Waals surface area (Å²) < 4.78 is 10.9. The molecule has 1 aliphatic heterocycles. The van der Waals surface area contributed by atoms with Crippen molar-refractivity contribution in [1.29, 1.82) is 0 Å². The van der Waals surface area contributed by atoms with Gasteiger partial charge in [-0.3, -0.25) is 4.79 Å². The number of aryl methyl sites for hydroxylation is 1. The van der Waals surface area contributed by atoms with Crippen LogP contribution in [0.4, 0.5) is 0 Å². The summed E-state index contributed by atoms with van der Waals surface area (Å²) in [5, 5.41) is 8.16. The van der Waals surface area contributed by atoms with Crippen LogP contribution in [0, 0.1) is 0 Å². The molecule has 0 N–H and O–H groups in total. The van der Waals surface area contributed by atoms with E-state index in [-0.39, 0.29) is 5.91 Å². The first-order valence-corrected chi connectivity index (χ1v) is 9.04. The zero-order valence-electron chi connectivity index (χ0n) is 15.2. The topological polar surface area (TPSA) is 68.5 Å². The van der Waals surface area contributed by atoms with E-state index in [4.69, 9.17) is 9.15 Å². The van der Waals surface area contributed by atoms with Crippen LogP contribution in [0.5, 0.6) is 5.75 Å². The third-order valence-corrected chi connectivity index (χ3v) is 4.82. The van der Waals surface area contributed by atoms with Crippen LogP contribution in [0.15, 0.2) is 52.9 Å². The average molecular weight is 363 g/mol. The van der Waals surface area contributed by atoms with E-state index in [0.29, 0.717) is 31.2 Å². The Morgan fingerprint density at radius 3 is 2.85 bits per heavy atom. The van der Waals surface area contributed by atoms with Crippen LogP contribution in [-0.4, -0.2) is 34.7 Å². The Bertz CT molecular complexity index is 951. The van der Waals surface area contributed by atoms with Gasteiger partial charge in [0.2, 0.25) is 17.7 Å². The largest absolute Gasteiger partial charge is 0.497 e. The van der Waals surface area contributed by atoms with Crippen LogP contribution < -0.4 is 4.74 Å². The van der Waals surface area contributed by atoms with E-state index in [1.54, 1.807) is 7.11 Å². The lowest BCUT2D eigenvalue weighted by molar-refractivity contribution is -0.132. The molecule has 0 saturated heterocycles. The van der Waals surface area contributed by atoms with Crippen molar-refractivity contribution in [3.8, 4) is 17.2 Å². The molecule has 6 heteroatoms. The van der Waals surface area contributed by atoms with E-state index in [2.05, 4.69) is 22.3 Å². The highest BCUT2D eigenvalue weighted by atomic mass is 16.5. The highest BCUT2D eigenvalue weighted by Crippen LogP contribution is 2.23. The van der Waals surface area contributed by atoms with Crippen molar-refractivity contribution >= 4 is 5.91 Å². The second-order valence-corrected chi connectivity index (χ2v) is 6.57. The second-order valence-electron chi connectivity index (χ2n) is 6.57. The predicted molar refractivity (Wildman–Crippen MR) is 100 cm³/mol. The average Bonchev–Trinajstić information content (AvgIpc) is 3.21. The Labute approximate surface area is 157 Å². The van der Waals surface area contributed by atoms with Crippen LogP contribution in [0.1, 0.15) is 23.4 Å². The molecule has 138 valence electrons. The number of hydrogen-bond donors (Lipinski definition) is 0. The predicted octanol–water partition coefficient (Wildman–Crippen LogP) is 3.26. The molecule has 0 saturated carbocycles. The summed E-state index contributed by atoms with van der Waals surface area (Å²) >= 11 is 0. The van der Waals surface area contributed by atoms with Gasteiger partial charge in [0, 0.05) is 31.5 Å². The van der Waals surface area contributed by atoms with E-state index < -0.39 is 0 Å². The van der Waals surface area contributed by atoms with Crippen molar-refractivity contribution in [1.82, 2.24) is 15.1 Å². The minimum absolute atomic E-state index is 0.116. The summed E-state index contributed by atoms with van der Waals surface area (Å²) in [6.45, 7) is 1.43. The molecular formula is C21H21N3O3. The molecule has 0 bridgehead atoms. The van der Waals surface area contributed by atoms with Crippen LogP contribution in [0.2, 0.25) is 0 Å². The Morgan fingerprint density at radius 2 is 2.00 bits per heavy atom. The van der Waals surface area contributed by atoms with E-state index in [0.717, 1.165) is 24.3 Å². The molecule has 1 aromatic heterocycles. The van der Waals surface area contributed by atoms with Crippen molar-refractivity contribution in [2.24, 2.45) is 0 Å². The maximum atomic E-state index is 12.6. The first kappa shape index (κ1) is 17.3. The van der Waals surface area contributed by atoms with Crippen LogP contribution in [0.3, 0.4) is 0 Å². The first-order valence-electron chi connectivity index (χ1n) is 9.04. The highest BCUT2D eigenvalue weighted by Gasteiger charge is 2.21. The van der Waals surface area contributed by atoms with Gasteiger partial charge in [0.15, 0.2) is 0 Å². The van der Waals surface area contributed by atoms with Gasteiger partial charge in [-0.25, -0.2) is 0 Å². The molecule has 4 rings (SSSR count). The van der Waals surface area contributed by atoms with Crippen molar-refractivity contribution in [2.45, 2.75) is 25.8 Å². The third-order valence-electron chi connectivity index (χ3n) is 4.82. The molecule has 0 unspecified atom stereocenters. The number of ether oxygens (including phenoxy) is 1. The zero-order valence-corrected chi connectivity index (χ0v) is 15.2. The Kier molecular flexibility index (Phi) is 4.87. The minimum atomic E-state index is 0.116. The lowest BCUT2D eigenvalue weighted by Crippen LogP contribution is -2.36. The maximum absolute atomic E-state index is 12.6. The Morgan fingerprint density at radius 1 is 1.15 bits per heavy atom. The molecule has 6 nitrogen and oxygen atoms in total. The standard InChI is InChI=1S/C21H21N3O3/c1-26-18-8-4-7-16(13-18)21-23-22-19(27-21)9-10-20(25)24-12-11-15-5-2-3-6-17(15)14-24/h2-8,13H,9-12,14H2,1H3. The number of aromatic nitrogens is 2. The molecular weight excluding hydrogens is 342 g/mol. The lowest BCUT2D eigenvalue weighted by Gasteiger charge is -2.28. The van der Waals surface area contributed by atoms with Gasteiger partial charge >= 0.3 is 0 Å². The molecule has 27 heavy (non-hydrogen) atoms. The fraction of sp³-hybridized carbons (Fsp3) is 0.286. The number of fused-ring (bicyclic) bond motifs is 1. The van der Waals surface area contributed by atoms with Gasteiger partial charge < -0.3 is 14.1 Å². The van der Waals surface area contributed by atoms with Crippen LogP contribution in [-0.2, 0) is 24.2 Å². The number of rotatable bonds is 5. The number of benzene rings is 2. The third kappa shape index (κ3) is 3.84. The molecule has 0 spiro atoms. The number of hydrogen-bond acceptors (Lipinski definition) is 5. The Balaban J connectivity index is 1.37. The highest BCUT2D eigenvalue weighted by molar-refractivity contribution is 5.76. The quantitative estimate of drug-likeness (QED) is 0.696. The van der Waals surface area contributed by atoms with Gasteiger partial charge in [-0.05, 0) is 35.7 Å². The summed E-state index contributed by atoms with van der Waals surface area (Å²) in [4.78, 5) is 14.5. The smallest absolute Gasteiger partial charge is 0.247 e. The summed E-state index contributed by atoms with van der Waals surface area (Å²) in [5.41, 5.74) is 3.36. The van der Waals surface area contributed by atoms with Crippen molar-refractivity contribution < 1.29 is 13.9 Å². The minimum Gasteiger partial charge on any atom is -0.497 e. The fourth-order valence-corrected chi connectivity index (χ4v) is 3.31. The van der Waals surface area contributed by atoms with Crippen LogP contribution >= 0.6 is 0 Å². The van der Waals surface area contributed by atoms with Gasteiger partial charge in [0.25, 0.3) is 0 Å². The lowest BCUT2D eigenvalue weighted by atomic mass is 9.99. The van der Waals surface area contributed by atoms with Gasteiger partial charge in [-0.2, -0.15) is 0 Å². The van der Waals surface area contributed by atoms with E-state index >= 15 is 0 Å². The van der Waals surface area contributed by atoms with E-state index in [1.165, 1.54) is 11.1 Å². The molecule has 0 radical (unpaired) electrons. The number of nitrogens with zero attached hydrogens (tertiary/aromatic N) is 3. The monoisotopic (exact) mass is 363 g/mol. The van der Waals surface area contributed by atoms with E-state index in [9.17, 15) is 4.79 Å². The van der Waals surface area contributed by atoms with Crippen molar-refractivity contribution in [3.05, 3.63) is 65.5 Å². The number of methoxy groups -OCH3 is 1. The summed E-state index contributed by atoms with van der Waals surface area (Å²) in [6.07, 6.45) is 1.71. The van der Waals surface area contributed by atoms with Gasteiger partial charge in [0.05, 0.1) is 7.11 Å². The first-order chi connectivity index (χ1) is 13.2. The summed E-state index contributed by atoms with van der Waals surface area (Å²) in [7, 11) is 1.61. The van der Waals surface area contributed by atoms with Crippen LogP contribution in [0.25, 0.3) is 11.5 Å². The van der Waals surface area contributed by atoms with Gasteiger partial charge in [-0.15, -0.1) is 10.2 Å². The molecule has 0 atom stereocenters. The SMILES string of the molecule is COc1cccc(-c2nnc(CCC(=O)N3CCc4ccccc4C3)o2)c1. The number of amides is 1. The molecule has 1 aliphatic rings. The summed E-state index contributed by atoms with van der Waals surface area (Å²) in [5.74, 6) is 1.75. The Hall–Kier alpha value is -3.15. The second kappa shape index (κ2) is 7.61.